The SMILES string of the molecule is COc1ccc(OCCCCCCS)c([N+](=O)[O-])c1. The number of ether oxygens (including phenoxy) is 2. The monoisotopic (exact) mass is 285 g/mol. The largest absolute Gasteiger partial charge is 0.496 e. The van der Waals surface area contributed by atoms with E-state index in [4.69, 9.17) is 9.47 Å². The predicted molar refractivity (Wildman–Crippen MR) is 77.5 cm³/mol. The molecule has 0 fully saturated rings. The van der Waals surface area contributed by atoms with Crippen molar-refractivity contribution in [2.75, 3.05) is 19.5 Å². The van der Waals surface area contributed by atoms with Gasteiger partial charge in [-0.3, -0.25) is 10.1 Å². The van der Waals surface area contributed by atoms with Gasteiger partial charge in [0.15, 0.2) is 5.75 Å². The Morgan fingerprint density at radius 3 is 2.63 bits per heavy atom. The molecule has 19 heavy (non-hydrogen) atoms. The number of hydrogen-bond donors (Lipinski definition) is 1. The van der Waals surface area contributed by atoms with Gasteiger partial charge in [-0.15, -0.1) is 0 Å². The van der Waals surface area contributed by atoms with Crippen LogP contribution in [0.2, 0.25) is 0 Å². The highest BCUT2D eigenvalue weighted by Crippen LogP contribution is 2.31. The Bertz CT molecular complexity index is 412. The minimum Gasteiger partial charge on any atom is -0.496 e. The highest BCUT2D eigenvalue weighted by Gasteiger charge is 2.16. The first kappa shape index (κ1) is 15.6. The first-order chi connectivity index (χ1) is 9.19. The van der Waals surface area contributed by atoms with E-state index in [1.807, 2.05) is 0 Å². The molecule has 1 aromatic rings. The Morgan fingerprint density at radius 1 is 1.26 bits per heavy atom. The van der Waals surface area contributed by atoms with Crippen LogP contribution in [0.25, 0.3) is 0 Å². The molecule has 1 rings (SSSR count). The molecule has 0 bridgehead atoms. The first-order valence-electron chi connectivity index (χ1n) is 6.25. The molecule has 0 heterocycles. The van der Waals surface area contributed by atoms with Crippen molar-refractivity contribution in [2.24, 2.45) is 0 Å². The smallest absolute Gasteiger partial charge is 0.314 e. The zero-order valence-electron chi connectivity index (χ0n) is 11.0. The van der Waals surface area contributed by atoms with Gasteiger partial charge < -0.3 is 9.47 Å². The normalized spacial score (nSPS) is 10.2. The number of hydrogen-bond acceptors (Lipinski definition) is 5. The molecule has 5 nitrogen and oxygen atoms in total. The Balaban J connectivity index is 2.50. The summed E-state index contributed by atoms with van der Waals surface area (Å²) in [6.45, 7) is 0.486. The van der Waals surface area contributed by atoms with Crippen LogP contribution >= 0.6 is 12.6 Å². The zero-order valence-corrected chi connectivity index (χ0v) is 11.9. The van der Waals surface area contributed by atoms with Gasteiger partial charge in [-0.2, -0.15) is 12.6 Å². The highest BCUT2D eigenvalue weighted by molar-refractivity contribution is 7.80. The van der Waals surface area contributed by atoms with E-state index < -0.39 is 4.92 Å². The van der Waals surface area contributed by atoms with Gasteiger partial charge in [0.1, 0.15) is 5.75 Å². The second-order valence-corrected chi connectivity index (χ2v) is 4.52. The Labute approximate surface area is 118 Å². The highest BCUT2D eigenvalue weighted by atomic mass is 32.1. The van der Waals surface area contributed by atoms with Crippen LogP contribution in [0, 0.1) is 10.1 Å². The van der Waals surface area contributed by atoms with Gasteiger partial charge in [-0.1, -0.05) is 12.8 Å². The Kier molecular flexibility index (Phi) is 7.10. The third kappa shape index (κ3) is 5.38. The quantitative estimate of drug-likeness (QED) is 0.326. The van der Waals surface area contributed by atoms with Crippen molar-refractivity contribution >= 4 is 18.3 Å². The summed E-state index contributed by atoms with van der Waals surface area (Å²) < 4.78 is 10.4. The summed E-state index contributed by atoms with van der Waals surface area (Å²) in [7, 11) is 1.47. The predicted octanol–water partition coefficient (Wildman–Crippen LogP) is 3.47. The number of unbranched alkanes of at least 4 members (excludes halogenated alkanes) is 3. The van der Waals surface area contributed by atoms with Crippen LogP contribution in [0.5, 0.6) is 11.5 Å². The minimum absolute atomic E-state index is 0.0605. The third-order valence-corrected chi connectivity index (χ3v) is 2.99. The molecule has 106 valence electrons. The van der Waals surface area contributed by atoms with E-state index in [0.717, 1.165) is 31.4 Å². The molecule has 0 N–H and O–H groups in total. The maximum absolute atomic E-state index is 10.9. The summed E-state index contributed by atoms with van der Waals surface area (Å²) in [4.78, 5) is 10.5. The van der Waals surface area contributed by atoms with Crippen molar-refractivity contribution in [1.29, 1.82) is 0 Å². The summed E-state index contributed by atoms with van der Waals surface area (Å²) in [6.07, 6.45) is 4.13. The number of nitro benzene ring substituents is 1. The van der Waals surface area contributed by atoms with E-state index in [9.17, 15) is 10.1 Å². The number of benzene rings is 1. The lowest BCUT2D eigenvalue weighted by atomic mass is 10.2. The fourth-order valence-corrected chi connectivity index (χ4v) is 1.86. The van der Waals surface area contributed by atoms with Crippen LogP contribution in [0.3, 0.4) is 0 Å². The van der Waals surface area contributed by atoms with Crippen LogP contribution in [0.1, 0.15) is 25.7 Å². The van der Waals surface area contributed by atoms with Crippen molar-refractivity contribution in [3.05, 3.63) is 28.3 Å². The molecule has 1 aromatic carbocycles. The van der Waals surface area contributed by atoms with E-state index in [0.29, 0.717) is 18.1 Å². The summed E-state index contributed by atoms with van der Waals surface area (Å²) >= 11 is 4.14. The number of nitrogens with zero attached hydrogens (tertiary/aromatic N) is 1. The number of rotatable bonds is 9. The molecular weight excluding hydrogens is 266 g/mol. The number of nitro groups is 1. The van der Waals surface area contributed by atoms with Crippen LogP contribution in [-0.2, 0) is 0 Å². The van der Waals surface area contributed by atoms with E-state index in [-0.39, 0.29) is 5.69 Å². The molecule has 0 atom stereocenters. The van der Waals surface area contributed by atoms with Crippen LogP contribution in [-0.4, -0.2) is 24.4 Å². The molecule has 0 spiro atoms. The first-order valence-corrected chi connectivity index (χ1v) is 6.88. The van der Waals surface area contributed by atoms with Crippen molar-refractivity contribution in [2.45, 2.75) is 25.7 Å². The molecule has 0 amide bonds. The van der Waals surface area contributed by atoms with E-state index >= 15 is 0 Å². The number of methoxy groups -OCH3 is 1. The van der Waals surface area contributed by atoms with Crippen LogP contribution in [0.4, 0.5) is 5.69 Å². The average Bonchev–Trinajstić information content (AvgIpc) is 2.42. The van der Waals surface area contributed by atoms with Crippen molar-refractivity contribution in [3.63, 3.8) is 0 Å². The maximum Gasteiger partial charge on any atom is 0.314 e. The maximum atomic E-state index is 10.9. The van der Waals surface area contributed by atoms with E-state index in [2.05, 4.69) is 12.6 Å². The van der Waals surface area contributed by atoms with Crippen LogP contribution in [0.15, 0.2) is 18.2 Å². The van der Waals surface area contributed by atoms with Gasteiger partial charge in [-0.25, -0.2) is 0 Å². The summed E-state index contributed by atoms with van der Waals surface area (Å²) in [5.41, 5.74) is -0.0605. The molecule has 6 heteroatoms. The minimum atomic E-state index is -0.460. The van der Waals surface area contributed by atoms with Gasteiger partial charge in [0.2, 0.25) is 0 Å². The standard InChI is InChI=1S/C13H19NO4S/c1-17-11-6-7-13(12(10-11)14(15)16)18-8-4-2-3-5-9-19/h6-7,10,19H,2-5,8-9H2,1H3. The van der Waals surface area contributed by atoms with Crippen molar-refractivity contribution < 1.29 is 14.4 Å². The molecule has 0 aliphatic carbocycles. The summed E-state index contributed by atoms with van der Waals surface area (Å²) in [5, 5.41) is 10.9. The lowest BCUT2D eigenvalue weighted by molar-refractivity contribution is -0.385. The molecule has 0 aliphatic heterocycles. The van der Waals surface area contributed by atoms with Gasteiger partial charge in [0, 0.05) is 0 Å². The second-order valence-electron chi connectivity index (χ2n) is 4.08. The van der Waals surface area contributed by atoms with E-state index in [1.54, 1.807) is 12.1 Å². The summed E-state index contributed by atoms with van der Waals surface area (Å²) in [6, 6.07) is 4.60. The van der Waals surface area contributed by atoms with Crippen LogP contribution < -0.4 is 9.47 Å². The van der Waals surface area contributed by atoms with E-state index in [1.165, 1.54) is 13.2 Å². The Morgan fingerprint density at radius 2 is 2.00 bits per heavy atom. The van der Waals surface area contributed by atoms with Crippen molar-refractivity contribution in [3.8, 4) is 11.5 Å². The topological polar surface area (TPSA) is 61.6 Å². The summed E-state index contributed by atoms with van der Waals surface area (Å²) in [5.74, 6) is 1.64. The van der Waals surface area contributed by atoms with Crippen molar-refractivity contribution in [1.82, 2.24) is 0 Å². The van der Waals surface area contributed by atoms with Gasteiger partial charge >= 0.3 is 5.69 Å². The lowest BCUT2D eigenvalue weighted by Crippen LogP contribution is -2.01. The average molecular weight is 285 g/mol. The fourth-order valence-electron chi connectivity index (χ4n) is 1.64. The molecule has 0 unspecified atom stereocenters. The molecule has 0 aliphatic rings. The van der Waals surface area contributed by atoms with Gasteiger partial charge in [-0.05, 0) is 30.7 Å². The number of thiol groups is 1. The lowest BCUT2D eigenvalue weighted by Gasteiger charge is -2.07. The Hall–Kier alpha value is -1.43. The zero-order chi connectivity index (χ0) is 14.1. The molecule has 0 saturated heterocycles. The third-order valence-electron chi connectivity index (χ3n) is 2.67. The molecule has 0 saturated carbocycles. The van der Waals surface area contributed by atoms with Gasteiger partial charge in [0.25, 0.3) is 0 Å². The molecule has 0 radical (unpaired) electrons. The molecule has 0 aromatic heterocycles. The fraction of sp³-hybridized carbons (Fsp3) is 0.538. The van der Waals surface area contributed by atoms with Gasteiger partial charge in [0.05, 0.1) is 24.7 Å². The molecular formula is C13H19NO4S. The second kappa shape index (κ2) is 8.63.